The Hall–Kier alpha value is -1.64. The van der Waals surface area contributed by atoms with Crippen molar-refractivity contribution >= 4 is 27.5 Å². The Bertz CT molecular complexity index is 726. The SMILES string of the molecule is Clc1ccccc1C(c1ccccc1)c1ccc(Br)nc1. The van der Waals surface area contributed by atoms with Gasteiger partial charge >= 0.3 is 0 Å². The third-order valence-electron chi connectivity index (χ3n) is 3.43. The molecule has 0 saturated heterocycles. The van der Waals surface area contributed by atoms with Gasteiger partial charge in [-0.05, 0) is 44.8 Å². The first-order valence-corrected chi connectivity index (χ1v) is 7.83. The van der Waals surface area contributed by atoms with Crippen molar-refractivity contribution < 1.29 is 0 Å². The minimum atomic E-state index is 0.0838. The van der Waals surface area contributed by atoms with Gasteiger partial charge in [-0.25, -0.2) is 4.98 Å². The van der Waals surface area contributed by atoms with E-state index in [0.29, 0.717) is 0 Å². The van der Waals surface area contributed by atoms with Gasteiger partial charge in [0.15, 0.2) is 0 Å². The lowest BCUT2D eigenvalue weighted by atomic mass is 9.86. The molecule has 1 atom stereocenters. The first kappa shape index (κ1) is 14.3. The number of hydrogen-bond acceptors (Lipinski definition) is 1. The second kappa shape index (κ2) is 6.42. The number of halogens is 2. The number of pyridine rings is 1. The second-order valence-electron chi connectivity index (χ2n) is 4.78. The quantitative estimate of drug-likeness (QED) is 0.549. The summed E-state index contributed by atoms with van der Waals surface area (Å²) in [6, 6.07) is 22.4. The van der Waals surface area contributed by atoms with Crippen LogP contribution in [0.3, 0.4) is 0 Å². The highest BCUT2D eigenvalue weighted by molar-refractivity contribution is 9.10. The third-order valence-corrected chi connectivity index (χ3v) is 4.25. The van der Waals surface area contributed by atoms with Gasteiger partial charge in [-0.1, -0.05) is 66.2 Å². The first-order chi connectivity index (χ1) is 10.3. The molecule has 0 radical (unpaired) electrons. The molecule has 0 fully saturated rings. The molecule has 21 heavy (non-hydrogen) atoms. The molecule has 0 aliphatic heterocycles. The maximum absolute atomic E-state index is 6.42. The minimum Gasteiger partial charge on any atom is -0.249 e. The van der Waals surface area contributed by atoms with Crippen LogP contribution in [0.2, 0.25) is 5.02 Å². The molecule has 1 aromatic heterocycles. The Labute approximate surface area is 137 Å². The fraction of sp³-hybridized carbons (Fsp3) is 0.0556. The zero-order valence-electron chi connectivity index (χ0n) is 11.2. The molecule has 0 saturated carbocycles. The van der Waals surface area contributed by atoms with E-state index in [0.717, 1.165) is 20.8 Å². The number of nitrogens with zero attached hydrogens (tertiary/aromatic N) is 1. The van der Waals surface area contributed by atoms with Crippen LogP contribution in [0.15, 0.2) is 77.5 Å². The van der Waals surface area contributed by atoms with Crippen molar-refractivity contribution in [2.75, 3.05) is 0 Å². The van der Waals surface area contributed by atoms with Crippen LogP contribution in [0.5, 0.6) is 0 Å². The third kappa shape index (κ3) is 3.17. The number of aromatic nitrogens is 1. The van der Waals surface area contributed by atoms with Crippen LogP contribution in [-0.4, -0.2) is 4.98 Å². The fourth-order valence-corrected chi connectivity index (χ4v) is 2.94. The summed E-state index contributed by atoms with van der Waals surface area (Å²) in [5.74, 6) is 0.0838. The molecule has 0 aliphatic rings. The van der Waals surface area contributed by atoms with Gasteiger partial charge in [0.05, 0.1) is 0 Å². The molecular formula is C18H13BrClN. The van der Waals surface area contributed by atoms with Crippen molar-refractivity contribution in [2.24, 2.45) is 0 Å². The largest absolute Gasteiger partial charge is 0.249 e. The molecule has 3 aromatic rings. The summed E-state index contributed by atoms with van der Waals surface area (Å²) in [6.07, 6.45) is 1.89. The van der Waals surface area contributed by atoms with Gasteiger partial charge < -0.3 is 0 Å². The average Bonchev–Trinajstić information content (AvgIpc) is 2.52. The maximum atomic E-state index is 6.42. The summed E-state index contributed by atoms with van der Waals surface area (Å²) in [4.78, 5) is 4.35. The molecule has 0 spiro atoms. The van der Waals surface area contributed by atoms with Crippen LogP contribution >= 0.6 is 27.5 Å². The summed E-state index contributed by atoms with van der Waals surface area (Å²) >= 11 is 9.80. The highest BCUT2D eigenvalue weighted by atomic mass is 79.9. The van der Waals surface area contributed by atoms with E-state index in [1.807, 2.05) is 48.7 Å². The molecule has 0 amide bonds. The Morgan fingerprint density at radius 1 is 0.810 bits per heavy atom. The van der Waals surface area contributed by atoms with E-state index in [9.17, 15) is 0 Å². The lowest BCUT2D eigenvalue weighted by molar-refractivity contribution is 0.960. The standard InChI is InChI=1S/C18H13BrClN/c19-17-11-10-14(12-21-17)18(13-6-2-1-3-7-13)15-8-4-5-9-16(15)20/h1-12,18H. The highest BCUT2D eigenvalue weighted by Crippen LogP contribution is 2.35. The molecule has 1 nitrogen and oxygen atoms in total. The summed E-state index contributed by atoms with van der Waals surface area (Å²) in [5.41, 5.74) is 3.42. The summed E-state index contributed by atoms with van der Waals surface area (Å²) in [6.45, 7) is 0. The van der Waals surface area contributed by atoms with Gasteiger partial charge in [0.1, 0.15) is 4.60 Å². The van der Waals surface area contributed by atoms with Crippen LogP contribution in [-0.2, 0) is 0 Å². The first-order valence-electron chi connectivity index (χ1n) is 6.66. The van der Waals surface area contributed by atoms with Gasteiger partial charge in [0.2, 0.25) is 0 Å². The predicted molar refractivity (Wildman–Crippen MR) is 90.8 cm³/mol. The molecule has 104 valence electrons. The molecule has 1 unspecified atom stereocenters. The van der Waals surface area contributed by atoms with E-state index >= 15 is 0 Å². The van der Waals surface area contributed by atoms with E-state index in [-0.39, 0.29) is 5.92 Å². The lowest BCUT2D eigenvalue weighted by Crippen LogP contribution is -2.04. The van der Waals surface area contributed by atoms with E-state index in [1.165, 1.54) is 5.56 Å². The van der Waals surface area contributed by atoms with Gasteiger partial charge in [-0.2, -0.15) is 0 Å². The monoisotopic (exact) mass is 357 g/mol. The second-order valence-corrected chi connectivity index (χ2v) is 6.00. The van der Waals surface area contributed by atoms with Crippen LogP contribution in [0.1, 0.15) is 22.6 Å². The van der Waals surface area contributed by atoms with E-state index in [1.54, 1.807) is 0 Å². The van der Waals surface area contributed by atoms with Crippen molar-refractivity contribution in [2.45, 2.75) is 5.92 Å². The van der Waals surface area contributed by atoms with Gasteiger partial charge in [-0.15, -0.1) is 0 Å². The fourth-order valence-electron chi connectivity index (χ4n) is 2.46. The smallest absolute Gasteiger partial charge is 0.106 e. The Morgan fingerprint density at radius 2 is 1.52 bits per heavy atom. The van der Waals surface area contributed by atoms with Gasteiger partial charge in [0, 0.05) is 17.1 Å². The Morgan fingerprint density at radius 3 is 2.19 bits per heavy atom. The highest BCUT2D eigenvalue weighted by Gasteiger charge is 2.19. The molecule has 1 heterocycles. The van der Waals surface area contributed by atoms with E-state index < -0.39 is 0 Å². The van der Waals surface area contributed by atoms with Crippen molar-refractivity contribution in [3.63, 3.8) is 0 Å². The molecular weight excluding hydrogens is 346 g/mol. The van der Waals surface area contributed by atoms with E-state index in [2.05, 4.69) is 45.2 Å². The number of hydrogen-bond donors (Lipinski definition) is 0. The molecule has 3 rings (SSSR count). The van der Waals surface area contributed by atoms with Crippen molar-refractivity contribution in [3.05, 3.63) is 99.2 Å². The van der Waals surface area contributed by atoms with Crippen LogP contribution in [0, 0.1) is 0 Å². The van der Waals surface area contributed by atoms with E-state index in [4.69, 9.17) is 11.6 Å². The zero-order chi connectivity index (χ0) is 14.7. The van der Waals surface area contributed by atoms with Crippen molar-refractivity contribution in [1.82, 2.24) is 4.98 Å². The summed E-state index contributed by atoms with van der Waals surface area (Å²) < 4.78 is 0.831. The lowest BCUT2D eigenvalue weighted by Gasteiger charge is -2.19. The molecule has 0 N–H and O–H groups in total. The van der Waals surface area contributed by atoms with Crippen LogP contribution in [0.25, 0.3) is 0 Å². The summed E-state index contributed by atoms with van der Waals surface area (Å²) in [5, 5.41) is 0.772. The van der Waals surface area contributed by atoms with Gasteiger partial charge in [-0.3, -0.25) is 0 Å². The van der Waals surface area contributed by atoms with Crippen LogP contribution in [0.4, 0.5) is 0 Å². The molecule has 2 aromatic carbocycles. The predicted octanol–water partition coefficient (Wildman–Crippen LogP) is 5.68. The Kier molecular flexibility index (Phi) is 4.37. The zero-order valence-corrected chi connectivity index (χ0v) is 13.6. The van der Waals surface area contributed by atoms with Crippen molar-refractivity contribution in [3.8, 4) is 0 Å². The molecule has 0 aliphatic carbocycles. The number of rotatable bonds is 3. The van der Waals surface area contributed by atoms with Crippen molar-refractivity contribution in [1.29, 1.82) is 0 Å². The molecule has 3 heteroatoms. The number of benzene rings is 2. The topological polar surface area (TPSA) is 12.9 Å². The average molecular weight is 359 g/mol. The summed E-state index contributed by atoms with van der Waals surface area (Å²) in [7, 11) is 0. The van der Waals surface area contributed by atoms with Gasteiger partial charge in [0.25, 0.3) is 0 Å². The normalized spacial score (nSPS) is 12.1. The minimum absolute atomic E-state index is 0.0838. The maximum Gasteiger partial charge on any atom is 0.106 e. The Balaban J connectivity index is 2.16. The van der Waals surface area contributed by atoms with Crippen LogP contribution < -0.4 is 0 Å². The molecule has 0 bridgehead atoms.